The number of amides is 2. The van der Waals surface area contributed by atoms with Gasteiger partial charge in [0.15, 0.2) is 0 Å². The van der Waals surface area contributed by atoms with E-state index in [1.54, 1.807) is 6.08 Å². The summed E-state index contributed by atoms with van der Waals surface area (Å²) in [6, 6.07) is -0.751. The van der Waals surface area contributed by atoms with Crippen LogP contribution in [0.1, 0.15) is 64.7 Å². The molecule has 0 aromatic rings. The molecule has 0 atom stereocenters. The maximum absolute atomic E-state index is 10.7. The van der Waals surface area contributed by atoms with Crippen LogP contribution in [0.3, 0.4) is 0 Å². The zero-order valence-corrected chi connectivity index (χ0v) is 16.3. The van der Waals surface area contributed by atoms with Gasteiger partial charge < -0.3 is 10.8 Å². The number of primary amides is 1. The van der Waals surface area contributed by atoms with Crippen molar-refractivity contribution in [3.05, 3.63) is 48.6 Å². The molecule has 0 radical (unpaired) electrons. The van der Waals surface area contributed by atoms with Crippen LogP contribution in [0.2, 0.25) is 0 Å². The molecule has 4 N–H and O–H groups in total. The zero-order chi connectivity index (χ0) is 20.2. The van der Waals surface area contributed by atoms with Gasteiger partial charge in [-0.3, -0.25) is 4.79 Å². The molecule has 0 heterocycles. The average Bonchev–Trinajstić information content (AvgIpc) is 2.62. The molecule has 0 fully saturated rings. The number of rotatable bonds is 15. The van der Waals surface area contributed by atoms with Crippen molar-refractivity contribution in [1.29, 1.82) is 0 Å². The van der Waals surface area contributed by atoms with E-state index in [0.717, 1.165) is 19.3 Å². The van der Waals surface area contributed by atoms with Gasteiger partial charge in [-0.05, 0) is 44.6 Å². The van der Waals surface area contributed by atoms with E-state index in [4.69, 9.17) is 10.8 Å². The first-order valence-corrected chi connectivity index (χ1v) is 9.53. The number of nitrogens with zero attached hydrogens (tertiary/aromatic N) is 1. The highest BCUT2D eigenvalue weighted by atomic mass is 16.4. The van der Waals surface area contributed by atoms with Crippen molar-refractivity contribution >= 4 is 17.7 Å². The fraction of sp³-hybridized carbons (Fsp3) is 0.476. The first-order valence-electron chi connectivity index (χ1n) is 9.53. The van der Waals surface area contributed by atoms with Crippen LogP contribution in [0.15, 0.2) is 53.7 Å². The first kappa shape index (κ1) is 24.4. The summed E-state index contributed by atoms with van der Waals surface area (Å²) >= 11 is 0. The van der Waals surface area contributed by atoms with Crippen molar-refractivity contribution in [1.82, 2.24) is 5.43 Å². The second-order valence-corrected chi connectivity index (χ2v) is 6.02. The Bertz CT molecular complexity index is 561. The summed E-state index contributed by atoms with van der Waals surface area (Å²) in [6.45, 7) is 2.21. The highest BCUT2D eigenvalue weighted by Crippen LogP contribution is 2.01. The molecule has 6 nitrogen and oxygen atoms in total. The standard InChI is InChI=1S/C21H33N3O3/c1-2-3-4-5-6-7-8-9-10-11-12-13-14-16-19(23-24-21(22)27)17-15-18-20(25)26/h6-7,9-10,12-14,16H,2-5,8,11,15,17-18H2,1H3,(H,25,26)(H3,22,24,27)/b7-6-,10-9-,13-12-,16-14+,23-19-. The van der Waals surface area contributed by atoms with Crippen LogP contribution >= 0.6 is 0 Å². The van der Waals surface area contributed by atoms with Gasteiger partial charge >= 0.3 is 12.0 Å². The Morgan fingerprint density at radius 1 is 0.963 bits per heavy atom. The van der Waals surface area contributed by atoms with Crippen LogP contribution < -0.4 is 11.2 Å². The topological polar surface area (TPSA) is 105 Å². The van der Waals surface area contributed by atoms with Crippen LogP contribution in [0.5, 0.6) is 0 Å². The van der Waals surface area contributed by atoms with E-state index in [9.17, 15) is 9.59 Å². The smallest absolute Gasteiger partial charge is 0.332 e. The van der Waals surface area contributed by atoms with E-state index in [2.05, 4.69) is 41.8 Å². The Morgan fingerprint density at radius 2 is 1.67 bits per heavy atom. The van der Waals surface area contributed by atoms with E-state index in [0.29, 0.717) is 18.6 Å². The highest BCUT2D eigenvalue weighted by molar-refractivity contribution is 5.95. The molecular weight excluding hydrogens is 342 g/mol. The summed E-state index contributed by atoms with van der Waals surface area (Å²) in [5, 5.41) is 12.5. The number of hydrogen-bond donors (Lipinski definition) is 3. The third kappa shape index (κ3) is 19.5. The summed E-state index contributed by atoms with van der Waals surface area (Å²) in [5.41, 5.74) is 7.73. The fourth-order valence-corrected chi connectivity index (χ4v) is 2.12. The Kier molecular flexibility index (Phi) is 16.4. The molecular formula is C21H33N3O3. The monoisotopic (exact) mass is 375 g/mol. The number of carboxylic acids is 1. The molecule has 0 aromatic heterocycles. The molecule has 27 heavy (non-hydrogen) atoms. The second-order valence-electron chi connectivity index (χ2n) is 6.02. The molecule has 0 saturated heterocycles. The lowest BCUT2D eigenvalue weighted by Gasteiger charge is -2.00. The van der Waals surface area contributed by atoms with Gasteiger partial charge in [0.2, 0.25) is 0 Å². The maximum atomic E-state index is 10.7. The molecule has 6 heteroatoms. The number of carboxylic acid groups (broad SMARTS) is 1. The van der Waals surface area contributed by atoms with Gasteiger partial charge in [0.1, 0.15) is 0 Å². The Balaban J connectivity index is 4.15. The molecule has 0 aliphatic rings. The second kappa shape index (κ2) is 18.2. The quantitative estimate of drug-likeness (QED) is 0.125. The molecule has 150 valence electrons. The number of aliphatic carboxylic acids is 1. The van der Waals surface area contributed by atoms with Crippen molar-refractivity contribution in [2.75, 3.05) is 0 Å². The predicted octanol–water partition coefficient (Wildman–Crippen LogP) is 4.85. The summed E-state index contributed by atoms with van der Waals surface area (Å²) in [5.74, 6) is -0.858. The van der Waals surface area contributed by atoms with Gasteiger partial charge in [-0.2, -0.15) is 5.10 Å². The van der Waals surface area contributed by atoms with E-state index in [-0.39, 0.29) is 6.42 Å². The third-order valence-electron chi connectivity index (χ3n) is 3.52. The minimum atomic E-state index is -0.858. The molecule has 0 saturated carbocycles. The van der Waals surface area contributed by atoms with E-state index in [1.807, 2.05) is 18.2 Å². The third-order valence-corrected chi connectivity index (χ3v) is 3.52. The molecule has 0 aliphatic carbocycles. The number of carbonyl (C=O) groups is 2. The van der Waals surface area contributed by atoms with E-state index < -0.39 is 12.0 Å². The van der Waals surface area contributed by atoms with Gasteiger partial charge in [0.05, 0.1) is 5.71 Å². The Morgan fingerprint density at radius 3 is 2.33 bits per heavy atom. The maximum Gasteiger partial charge on any atom is 0.332 e. The normalized spacial score (nSPS) is 12.7. The van der Waals surface area contributed by atoms with Gasteiger partial charge in [-0.25, -0.2) is 10.2 Å². The van der Waals surface area contributed by atoms with Crippen molar-refractivity contribution < 1.29 is 14.7 Å². The SMILES string of the molecule is CCCCC/C=C\C/C=C\C\C=C/C=C/C(CCCC(=O)O)=N/NC(N)=O. The van der Waals surface area contributed by atoms with Crippen molar-refractivity contribution in [3.63, 3.8) is 0 Å². The minimum absolute atomic E-state index is 0.0527. The largest absolute Gasteiger partial charge is 0.481 e. The summed E-state index contributed by atoms with van der Waals surface area (Å²) in [7, 11) is 0. The number of allylic oxidation sites excluding steroid dienone is 8. The molecule has 0 unspecified atom stereocenters. The molecule has 0 rings (SSSR count). The zero-order valence-electron chi connectivity index (χ0n) is 16.3. The lowest BCUT2D eigenvalue weighted by Crippen LogP contribution is -2.25. The first-order chi connectivity index (χ1) is 13.1. The van der Waals surface area contributed by atoms with Crippen LogP contribution in [0.4, 0.5) is 4.79 Å². The highest BCUT2D eigenvalue weighted by Gasteiger charge is 2.00. The van der Waals surface area contributed by atoms with Crippen molar-refractivity contribution in [2.45, 2.75) is 64.7 Å². The number of hydrazone groups is 1. The summed E-state index contributed by atoms with van der Waals surface area (Å²) in [4.78, 5) is 21.3. The lowest BCUT2D eigenvalue weighted by molar-refractivity contribution is -0.137. The molecule has 0 aromatic carbocycles. The van der Waals surface area contributed by atoms with Crippen LogP contribution in [-0.4, -0.2) is 22.8 Å². The molecule has 0 bridgehead atoms. The number of carbonyl (C=O) groups excluding carboxylic acids is 1. The average molecular weight is 376 g/mol. The predicted molar refractivity (Wildman–Crippen MR) is 112 cm³/mol. The van der Waals surface area contributed by atoms with Crippen LogP contribution in [0.25, 0.3) is 0 Å². The number of nitrogens with one attached hydrogen (secondary N) is 1. The van der Waals surface area contributed by atoms with Crippen LogP contribution in [0, 0.1) is 0 Å². The minimum Gasteiger partial charge on any atom is -0.481 e. The van der Waals surface area contributed by atoms with Crippen molar-refractivity contribution in [2.24, 2.45) is 10.8 Å². The van der Waals surface area contributed by atoms with Gasteiger partial charge in [0, 0.05) is 6.42 Å². The number of nitrogens with two attached hydrogens (primary N) is 1. The molecule has 0 spiro atoms. The van der Waals surface area contributed by atoms with Gasteiger partial charge in [-0.1, -0.05) is 62.3 Å². The van der Waals surface area contributed by atoms with E-state index in [1.165, 1.54) is 19.3 Å². The molecule has 2 amide bonds. The summed E-state index contributed by atoms with van der Waals surface area (Å²) < 4.78 is 0. The molecule has 0 aliphatic heterocycles. The van der Waals surface area contributed by atoms with E-state index >= 15 is 0 Å². The van der Waals surface area contributed by atoms with Gasteiger partial charge in [-0.15, -0.1) is 0 Å². The number of hydrogen-bond acceptors (Lipinski definition) is 3. The Hall–Kier alpha value is -2.63. The van der Waals surface area contributed by atoms with Crippen LogP contribution in [-0.2, 0) is 4.79 Å². The lowest BCUT2D eigenvalue weighted by atomic mass is 10.1. The van der Waals surface area contributed by atoms with Gasteiger partial charge in [0.25, 0.3) is 0 Å². The number of urea groups is 1. The number of unbranched alkanes of at least 4 members (excludes halogenated alkanes) is 3. The summed E-state index contributed by atoms with van der Waals surface area (Å²) in [6.07, 6.45) is 23.8. The fourth-order valence-electron chi connectivity index (χ4n) is 2.12. The van der Waals surface area contributed by atoms with Crippen molar-refractivity contribution in [3.8, 4) is 0 Å². The Labute approximate surface area is 162 Å².